The Kier molecular flexibility index (Phi) is 5.33. The summed E-state index contributed by atoms with van der Waals surface area (Å²) in [5.41, 5.74) is 1.21. The van der Waals surface area contributed by atoms with Crippen molar-refractivity contribution in [2.45, 2.75) is 13.0 Å². The Morgan fingerprint density at radius 2 is 2.00 bits per heavy atom. The van der Waals surface area contributed by atoms with Crippen molar-refractivity contribution >= 4 is 84.3 Å². The number of carbonyl (C=O) groups is 1. The van der Waals surface area contributed by atoms with Crippen LogP contribution in [0.3, 0.4) is 0 Å². The van der Waals surface area contributed by atoms with Crippen LogP contribution < -0.4 is 9.03 Å². The van der Waals surface area contributed by atoms with Gasteiger partial charge in [0.2, 0.25) is 0 Å². The van der Waals surface area contributed by atoms with Crippen molar-refractivity contribution in [2.75, 3.05) is 10.8 Å². The molecule has 0 spiro atoms. The van der Waals surface area contributed by atoms with Gasteiger partial charge in [0.15, 0.2) is 0 Å². The second kappa shape index (κ2) is 6.56. The average Bonchev–Trinajstić information content (AvgIpc) is 2.73. The molecule has 2 aromatic rings. The number of hydrogen-bond donors (Lipinski definition) is 2. The van der Waals surface area contributed by atoms with Crippen LogP contribution >= 0.6 is 0 Å². The number of benzene rings is 2. The Balaban J connectivity index is 0.00000176. The molecule has 1 saturated heterocycles. The molecule has 1 heterocycles. The van der Waals surface area contributed by atoms with Crippen molar-refractivity contribution in [1.29, 1.82) is 0 Å². The number of aromatic hydroxyl groups is 1. The van der Waals surface area contributed by atoms with E-state index in [4.69, 9.17) is 0 Å². The summed E-state index contributed by atoms with van der Waals surface area (Å²) < 4.78 is 27.3. The zero-order valence-corrected chi connectivity index (χ0v) is 12.1. The summed E-state index contributed by atoms with van der Waals surface area (Å²) in [5, 5.41) is 11.8. The molecule has 3 rings (SSSR count). The normalized spacial score (nSPS) is 19.9. The molecule has 2 aromatic carbocycles. The summed E-state index contributed by atoms with van der Waals surface area (Å²) in [6, 6.07) is 8.02. The van der Waals surface area contributed by atoms with E-state index in [2.05, 4.69) is 4.72 Å². The van der Waals surface area contributed by atoms with E-state index in [-0.39, 0.29) is 69.4 Å². The first-order valence-corrected chi connectivity index (χ1v) is 7.83. The second-order valence-corrected chi connectivity index (χ2v) is 6.71. The number of phenolic OH excluding ortho intramolecular Hbond substituents is 1. The van der Waals surface area contributed by atoms with E-state index in [0.717, 1.165) is 20.6 Å². The standard InChI is InChI=1S/C14H14N2O4S.K.H/c1-9-2-3-10-6-14(18)13(5-11(10)4-9)16-7-12(8-17)15-21(16,19)20;;/h2-6,8,12,15,18H,7H2,1H3;;. The van der Waals surface area contributed by atoms with Crippen molar-refractivity contribution in [2.24, 2.45) is 0 Å². The number of aryl methyl sites for hydroxylation is 1. The van der Waals surface area contributed by atoms with Crippen molar-refractivity contribution in [3.63, 3.8) is 0 Å². The van der Waals surface area contributed by atoms with Crippen LogP contribution in [0.4, 0.5) is 5.69 Å². The molecule has 0 aliphatic carbocycles. The molecule has 6 nitrogen and oxygen atoms in total. The Morgan fingerprint density at radius 3 is 2.64 bits per heavy atom. The van der Waals surface area contributed by atoms with E-state index in [9.17, 15) is 18.3 Å². The molecule has 1 aliphatic heterocycles. The van der Waals surface area contributed by atoms with Crippen LogP contribution in [0, 0.1) is 6.92 Å². The van der Waals surface area contributed by atoms with Gasteiger partial charge in [0.25, 0.3) is 0 Å². The Hall–Kier alpha value is -0.484. The zero-order valence-electron chi connectivity index (χ0n) is 11.3. The summed E-state index contributed by atoms with van der Waals surface area (Å²) in [5.74, 6) is -0.136. The van der Waals surface area contributed by atoms with Gasteiger partial charge in [0.1, 0.15) is 12.0 Å². The molecule has 1 aliphatic rings. The minimum atomic E-state index is -3.81. The summed E-state index contributed by atoms with van der Waals surface area (Å²) in [4.78, 5) is 10.8. The number of anilines is 1. The fraction of sp³-hybridized carbons (Fsp3) is 0.214. The second-order valence-electron chi connectivity index (χ2n) is 5.09. The number of nitrogens with zero attached hydrogens (tertiary/aromatic N) is 1. The number of hydrogen-bond acceptors (Lipinski definition) is 4. The topological polar surface area (TPSA) is 86.7 Å². The number of rotatable bonds is 2. The molecular weight excluding hydrogens is 331 g/mol. The summed E-state index contributed by atoms with van der Waals surface area (Å²) in [7, 11) is -3.81. The third-order valence-electron chi connectivity index (χ3n) is 3.48. The number of carbonyl (C=O) groups excluding carboxylic acids is 1. The number of nitrogens with one attached hydrogen (secondary N) is 1. The first-order valence-electron chi connectivity index (χ1n) is 6.39. The molecule has 0 radical (unpaired) electrons. The maximum atomic E-state index is 12.0. The predicted molar refractivity (Wildman–Crippen MR) is 86.8 cm³/mol. The van der Waals surface area contributed by atoms with Gasteiger partial charge in [-0.2, -0.15) is 13.1 Å². The molecule has 2 N–H and O–H groups in total. The van der Waals surface area contributed by atoms with Crippen LogP contribution in [0.15, 0.2) is 30.3 Å². The molecule has 1 fully saturated rings. The van der Waals surface area contributed by atoms with Gasteiger partial charge < -0.3 is 9.90 Å². The summed E-state index contributed by atoms with van der Waals surface area (Å²) in [6.07, 6.45) is 0.541. The molecule has 0 amide bonds. The number of aldehydes is 1. The van der Waals surface area contributed by atoms with Gasteiger partial charge in [0, 0.05) is 0 Å². The van der Waals surface area contributed by atoms with Gasteiger partial charge in [-0.1, -0.05) is 23.8 Å². The van der Waals surface area contributed by atoms with Crippen molar-refractivity contribution in [3.8, 4) is 5.75 Å². The first kappa shape index (κ1) is 17.9. The van der Waals surface area contributed by atoms with E-state index >= 15 is 0 Å². The minimum absolute atomic E-state index is 0. The Morgan fingerprint density at radius 1 is 1.27 bits per heavy atom. The van der Waals surface area contributed by atoms with Gasteiger partial charge in [0.05, 0.1) is 18.3 Å². The van der Waals surface area contributed by atoms with Crippen LogP contribution in [0.25, 0.3) is 10.8 Å². The van der Waals surface area contributed by atoms with E-state index in [0.29, 0.717) is 6.29 Å². The predicted octanol–water partition coefficient (Wildman–Crippen LogP) is 0.427. The number of fused-ring (bicyclic) bond motifs is 1. The van der Waals surface area contributed by atoms with Gasteiger partial charge in [-0.05, 0) is 29.8 Å². The third-order valence-corrected chi connectivity index (χ3v) is 5.00. The molecule has 112 valence electrons. The first-order chi connectivity index (χ1) is 9.90. The summed E-state index contributed by atoms with van der Waals surface area (Å²) >= 11 is 0. The molecule has 0 saturated carbocycles. The SMILES string of the molecule is Cc1ccc2cc(O)c(N3CC(C=O)NS3(=O)=O)cc2c1.[KH]. The van der Waals surface area contributed by atoms with Gasteiger partial charge >= 0.3 is 61.6 Å². The van der Waals surface area contributed by atoms with Crippen LogP contribution in [0.1, 0.15) is 5.56 Å². The van der Waals surface area contributed by atoms with E-state index in [1.807, 2.05) is 25.1 Å². The maximum absolute atomic E-state index is 12.0. The van der Waals surface area contributed by atoms with Crippen LogP contribution in [-0.4, -0.2) is 83.8 Å². The fourth-order valence-corrected chi connectivity index (χ4v) is 3.86. The molecule has 0 aromatic heterocycles. The van der Waals surface area contributed by atoms with Gasteiger partial charge in [-0.15, -0.1) is 0 Å². The number of phenols is 1. The quantitative estimate of drug-likeness (QED) is 0.610. The third kappa shape index (κ3) is 3.23. The van der Waals surface area contributed by atoms with E-state index in [1.165, 1.54) is 6.07 Å². The van der Waals surface area contributed by atoms with Crippen LogP contribution in [0.5, 0.6) is 5.75 Å². The molecule has 22 heavy (non-hydrogen) atoms. The van der Waals surface area contributed by atoms with E-state index < -0.39 is 16.3 Å². The van der Waals surface area contributed by atoms with Crippen LogP contribution in [0.2, 0.25) is 0 Å². The van der Waals surface area contributed by atoms with Crippen molar-refractivity contribution in [1.82, 2.24) is 4.72 Å². The van der Waals surface area contributed by atoms with Gasteiger partial charge in [-0.25, -0.2) is 0 Å². The van der Waals surface area contributed by atoms with Crippen LogP contribution in [-0.2, 0) is 15.0 Å². The Labute approximate surface area is 171 Å². The summed E-state index contributed by atoms with van der Waals surface area (Å²) in [6.45, 7) is 1.90. The molecule has 8 heteroatoms. The zero-order chi connectivity index (χ0) is 15.2. The fourth-order valence-electron chi connectivity index (χ4n) is 2.46. The monoisotopic (exact) mass is 346 g/mol. The molecule has 1 atom stereocenters. The van der Waals surface area contributed by atoms with Crippen molar-refractivity contribution in [3.05, 3.63) is 35.9 Å². The molecule has 0 bridgehead atoms. The average molecular weight is 346 g/mol. The van der Waals surface area contributed by atoms with E-state index in [1.54, 1.807) is 6.07 Å². The molecular formula is C14H15KN2O4S. The molecule has 1 unspecified atom stereocenters. The Bertz CT molecular complexity index is 838. The van der Waals surface area contributed by atoms with Gasteiger partial charge in [-0.3, -0.25) is 4.31 Å². The van der Waals surface area contributed by atoms with Crippen molar-refractivity contribution < 1.29 is 18.3 Å².